The average Bonchev–Trinajstić information content (AvgIpc) is 3.04. The minimum Gasteiger partial charge on any atom is -0.480 e. The molecule has 2 N–H and O–H groups in total. The third kappa shape index (κ3) is 4.46. The lowest BCUT2D eigenvalue weighted by Crippen LogP contribution is -2.68. The zero-order valence-corrected chi connectivity index (χ0v) is 17.9. The first kappa shape index (κ1) is 22.5. The smallest absolute Gasteiger partial charge is 0.480 e. The molecule has 8 nitrogen and oxygen atoms in total. The lowest BCUT2D eigenvalue weighted by Gasteiger charge is -2.43. The molecule has 0 bridgehead atoms. The number of nitrogens with zero attached hydrogens (tertiary/aromatic N) is 1. The van der Waals surface area contributed by atoms with E-state index in [0.29, 0.717) is 23.3 Å². The number of rotatable bonds is 6. The van der Waals surface area contributed by atoms with Crippen molar-refractivity contribution in [3.05, 3.63) is 59.2 Å². The molecule has 10 heteroatoms. The Hall–Kier alpha value is -3.69. The third-order valence-electron chi connectivity index (χ3n) is 5.78. The molecule has 1 fully saturated rings. The highest BCUT2D eigenvalue weighted by molar-refractivity contribution is 6.07. The van der Waals surface area contributed by atoms with Crippen LogP contribution in [0.15, 0.2) is 42.5 Å². The number of aryl methyl sites for hydroxylation is 2. The Morgan fingerprint density at radius 2 is 1.91 bits per heavy atom. The van der Waals surface area contributed by atoms with E-state index in [1.54, 1.807) is 6.92 Å². The fraction of sp³-hybridized carbons (Fsp3) is 0.348. The lowest BCUT2D eigenvalue weighted by atomic mass is 9.83. The Morgan fingerprint density at radius 1 is 1.18 bits per heavy atom. The summed E-state index contributed by atoms with van der Waals surface area (Å²) in [6.07, 6.45) is -2.95. The molecule has 2 aliphatic rings. The predicted molar refractivity (Wildman–Crippen MR) is 111 cm³/mol. The first-order valence-electron chi connectivity index (χ1n) is 10.4. The number of halogens is 2. The van der Waals surface area contributed by atoms with E-state index in [0.717, 1.165) is 11.1 Å². The van der Waals surface area contributed by atoms with Crippen molar-refractivity contribution in [2.75, 3.05) is 0 Å². The second-order valence-corrected chi connectivity index (χ2v) is 8.17. The molecule has 33 heavy (non-hydrogen) atoms. The number of carbonyl (C=O) groups is 3. The molecule has 2 unspecified atom stereocenters. The normalized spacial score (nSPS) is 21.3. The van der Waals surface area contributed by atoms with Crippen molar-refractivity contribution in [1.82, 2.24) is 10.2 Å². The molecular weight excluding hydrogens is 438 g/mol. The van der Waals surface area contributed by atoms with Crippen molar-refractivity contribution >= 4 is 17.9 Å². The summed E-state index contributed by atoms with van der Waals surface area (Å²) in [4.78, 5) is 37.8. The highest BCUT2D eigenvalue weighted by Crippen LogP contribution is 2.42. The van der Waals surface area contributed by atoms with Gasteiger partial charge < -0.3 is 19.9 Å². The summed E-state index contributed by atoms with van der Waals surface area (Å²) in [7, 11) is 0. The summed E-state index contributed by atoms with van der Waals surface area (Å²) in [5.41, 5.74) is 2.46. The van der Waals surface area contributed by atoms with Crippen LogP contribution >= 0.6 is 0 Å². The second-order valence-electron chi connectivity index (χ2n) is 8.17. The molecule has 2 aromatic carbocycles. The van der Waals surface area contributed by atoms with Crippen molar-refractivity contribution in [2.45, 2.75) is 45.1 Å². The number of carboxylic acid groups (broad SMARTS) is 1. The number of urea groups is 1. The number of benzene rings is 2. The van der Waals surface area contributed by atoms with Gasteiger partial charge in [0.2, 0.25) is 5.91 Å². The molecule has 0 spiro atoms. The Morgan fingerprint density at radius 3 is 2.61 bits per heavy atom. The number of aliphatic carboxylic acids is 1. The number of alkyl halides is 2. The van der Waals surface area contributed by atoms with Crippen molar-refractivity contribution in [1.29, 1.82) is 0 Å². The minimum atomic E-state index is -3.76. The number of amides is 3. The lowest BCUT2D eigenvalue weighted by molar-refractivity contribution is -0.286. The summed E-state index contributed by atoms with van der Waals surface area (Å²) in [5, 5.41) is 12.2. The first-order valence-corrected chi connectivity index (χ1v) is 10.4. The zero-order chi connectivity index (χ0) is 23.9. The van der Waals surface area contributed by atoms with Gasteiger partial charge in [0.15, 0.2) is 17.5 Å². The number of ether oxygens (including phenoxy) is 2. The average molecular weight is 460 g/mol. The molecule has 3 amide bonds. The molecule has 0 radical (unpaired) electrons. The molecule has 4 rings (SSSR count). The van der Waals surface area contributed by atoms with E-state index < -0.39 is 42.2 Å². The molecule has 2 heterocycles. The molecule has 0 aromatic heterocycles. The Balaban J connectivity index is 1.40. The summed E-state index contributed by atoms with van der Waals surface area (Å²) in [5.74, 6) is -2.96. The van der Waals surface area contributed by atoms with Crippen LogP contribution in [0, 0.1) is 12.8 Å². The Kier molecular flexibility index (Phi) is 5.69. The van der Waals surface area contributed by atoms with Crippen LogP contribution in [0.25, 0.3) is 0 Å². The van der Waals surface area contributed by atoms with Crippen LogP contribution in [-0.4, -0.2) is 40.3 Å². The van der Waals surface area contributed by atoms with E-state index in [1.807, 2.05) is 31.2 Å². The van der Waals surface area contributed by atoms with E-state index in [2.05, 4.69) is 14.8 Å². The zero-order valence-electron chi connectivity index (χ0n) is 17.9. The van der Waals surface area contributed by atoms with Gasteiger partial charge in [-0.05, 0) is 49.9 Å². The molecule has 2 aliphatic heterocycles. The van der Waals surface area contributed by atoms with E-state index in [-0.39, 0.29) is 11.5 Å². The topological polar surface area (TPSA) is 105 Å². The Labute approximate surface area is 188 Å². The highest BCUT2D eigenvalue weighted by Gasteiger charge is 2.54. The van der Waals surface area contributed by atoms with Gasteiger partial charge in [0.25, 0.3) is 0 Å². The first-order chi connectivity index (χ1) is 15.6. The molecule has 2 aromatic rings. The maximum atomic E-state index is 13.2. The number of imide groups is 1. The van der Waals surface area contributed by atoms with Crippen LogP contribution in [0.3, 0.4) is 0 Å². The van der Waals surface area contributed by atoms with Crippen molar-refractivity contribution in [2.24, 2.45) is 5.92 Å². The SMILES string of the molecule is Cc1cccc(CC[C@H]2C(=O)N(C(=O)NC(C)c3ccc4c(c3)OC(F)(F)O4)C2C(=O)O)c1. The van der Waals surface area contributed by atoms with Crippen molar-refractivity contribution in [3.63, 3.8) is 0 Å². The number of carboxylic acids is 1. The summed E-state index contributed by atoms with van der Waals surface area (Å²) in [6.45, 7) is 3.51. The van der Waals surface area contributed by atoms with E-state index >= 15 is 0 Å². The predicted octanol–water partition coefficient (Wildman–Crippen LogP) is 3.63. The number of hydrogen-bond donors (Lipinski definition) is 2. The Bertz CT molecular complexity index is 1120. The van der Waals surface area contributed by atoms with E-state index in [4.69, 9.17) is 0 Å². The number of carbonyl (C=O) groups excluding carboxylic acids is 2. The van der Waals surface area contributed by atoms with E-state index in [1.165, 1.54) is 18.2 Å². The number of likely N-dealkylation sites (tertiary alicyclic amines) is 1. The highest BCUT2D eigenvalue weighted by atomic mass is 19.3. The van der Waals surface area contributed by atoms with Gasteiger partial charge in [0.1, 0.15) is 0 Å². The monoisotopic (exact) mass is 460 g/mol. The largest absolute Gasteiger partial charge is 0.586 e. The van der Waals surface area contributed by atoms with Crippen LogP contribution in [0.4, 0.5) is 13.6 Å². The van der Waals surface area contributed by atoms with Crippen LogP contribution < -0.4 is 14.8 Å². The fourth-order valence-corrected chi connectivity index (χ4v) is 4.10. The number of fused-ring (bicyclic) bond motifs is 1. The minimum absolute atomic E-state index is 0.136. The van der Waals surface area contributed by atoms with Crippen LogP contribution in [0.1, 0.15) is 36.1 Å². The number of nitrogens with one attached hydrogen (secondary N) is 1. The van der Waals surface area contributed by atoms with Gasteiger partial charge in [-0.3, -0.25) is 4.79 Å². The molecule has 0 saturated carbocycles. The van der Waals surface area contributed by atoms with Crippen molar-refractivity contribution < 1.29 is 37.7 Å². The van der Waals surface area contributed by atoms with Crippen LogP contribution in [0.2, 0.25) is 0 Å². The van der Waals surface area contributed by atoms with E-state index in [9.17, 15) is 28.3 Å². The quantitative estimate of drug-likeness (QED) is 0.638. The molecule has 174 valence electrons. The van der Waals surface area contributed by atoms with Gasteiger partial charge >= 0.3 is 18.3 Å². The molecule has 0 aliphatic carbocycles. The van der Waals surface area contributed by atoms with Crippen molar-refractivity contribution in [3.8, 4) is 11.5 Å². The van der Waals surface area contributed by atoms with Crippen LogP contribution in [-0.2, 0) is 16.0 Å². The summed E-state index contributed by atoms with van der Waals surface area (Å²) < 4.78 is 35.2. The van der Waals surface area contributed by atoms with Gasteiger partial charge in [-0.25, -0.2) is 14.5 Å². The number of hydrogen-bond acceptors (Lipinski definition) is 5. The number of β-lactam (4-membered cyclic amide) rings is 1. The van der Waals surface area contributed by atoms with Crippen LogP contribution in [0.5, 0.6) is 11.5 Å². The summed E-state index contributed by atoms with van der Waals surface area (Å²) >= 11 is 0. The fourth-order valence-electron chi connectivity index (χ4n) is 4.10. The summed E-state index contributed by atoms with van der Waals surface area (Å²) in [6, 6.07) is 8.88. The second kappa shape index (κ2) is 8.34. The van der Waals surface area contributed by atoms with Gasteiger partial charge in [-0.15, -0.1) is 8.78 Å². The van der Waals surface area contributed by atoms with Gasteiger partial charge in [0.05, 0.1) is 12.0 Å². The standard InChI is InChI=1S/C23H22F2N2O6/c1-12-4-3-5-14(10-12)6-8-16-19(21(29)30)27(20(16)28)22(31)26-13(2)15-7-9-17-18(11-15)33-23(24,25)32-17/h3-5,7,9-11,13,16,19H,6,8H2,1-2H3,(H,26,31)(H,29,30)/t13?,16-,19?/m1/s1. The third-order valence-corrected chi connectivity index (χ3v) is 5.78. The van der Waals surface area contributed by atoms with Gasteiger partial charge in [0, 0.05) is 0 Å². The maximum absolute atomic E-state index is 13.2. The molecular formula is C23H22F2N2O6. The van der Waals surface area contributed by atoms with Gasteiger partial charge in [-0.1, -0.05) is 35.9 Å². The molecule has 1 saturated heterocycles. The maximum Gasteiger partial charge on any atom is 0.586 e. The van der Waals surface area contributed by atoms with Gasteiger partial charge in [-0.2, -0.15) is 0 Å². The molecule has 3 atom stereocenters.